The Kier molecular flexibility index (Phi) is 5.30. The van der Waals surface area contributed by atoms with Crippen LogP contribution >= 0.6 is 11.3 Å². The smallest absolute Gasteiger partial charge is 0.291 e. The number of non-ortho nitro benzene ring substituents is 1. The third-order valence-corrected chi connectivity index (χ3v) is 5.74. The van der Waals surface area contributed by atoms with Crippen molar-refractivity contribution >= 4 is 28.4 Å². The number of H-pyrrole nitrogens is 1. The van der Waals surface area contributed by atoms with E-state index < -0.39 is 4.92 Å². The first-order valence-corrected chi connectivity index (χ1v) is 10.2. The first-order valence-electron chi connectivity index (χ1n) is 9.35. The average Bonchev–Trinajstić information content (AvgIpc) is 3.34. The molecule has 1 N–H and O–H groups in total. The van der Waals surface area contributed by atoms with Gasteiger partial charge in [0.1, 0.15) is 0 Å². The summed E-state index contributed by atoms with van der Waals surface area (Å²) in [5.41, 5.74) is 4.31. The molecule has 0 fully saturated rings. The highest BCUT2D eigenvalue weighted by Crippen LogP contribution is 2.28. The molecule has 2 aromatic carbocycles. The molecule has 0 aliphatic carbocycles. The van der Waals surface area contributed by atoms with Gasteiger partial charge in [0.15, 0.2) is 5.69 Å². The van der Waals surface area contributed by atoms with Crippen LogP contribution in [0.4, 0.5) is 17.1 Å². The Hall–Kier alpha value is -3.92. The standard InChI is InChI=1S/C21H18N6O3S/c1-12-6-4-9-17(13(12)2)23-24-19-14(3)25-26(20(19)28)21-22-18(11-31-21)15-7-5-8-16(10-15)27(29)30/h4-11,25H,1-3H3. The zero-order valence-electron chi connectivity index (χ0n) is 17.0. The molecule has 0 amide bonds. The number of aromatic amines is 1. The summed E-state index contributed by atoms with van der Waals surface area (Å²) >= 11 is 1.25. The predicted molar refractivity (Wildman–Crippen MR) is 119 cm³/mol. The molecule has 9 nitrogen and oxygen atoms in total. The molecule has 4 aromatic rings. The Bertz CT molecular complexity index is 1380. The highest BCUT2D eigenvalue weighted by Gasteiger charge is 2.16. The molecule has 0 spiro atoms. The fourth-order valence-corrected chi connectivity index (χ4v) is 3.81. The van der Waals surface area contributed by atoms with Crippen LogP contribution in [0, 0.1) is 30.9 Å². The Labute approximate surface area is 180 Å². The molecule has 2 heterocycles. The molecular formula is C21H18N6O3S. The molecule has 0 atom stereocenters. The van der Waals surface area contributed by atoms with Gasteiger partial charge in [-0.1, -0.05) is 24.3 Å². The van der Waals surface area contributed by atoms with Gasteiger partial charge in [0, 0.05) is 23.1 Å². The SMILES string of the molecule is Cc1cccc(N=Nc2c(C)[nH]n(-c3nc(-c4cccc([N+](=O)[O-])c4)cs3)c2=O)c1C. The van der Waals surface area contributed by atoms with Gasteiger partial charge in [-0.05, 0) is 38.0 Å². The summed E-state index contributed by atoms with van der Waals surface area (Å²) in [7, 11) is 0. The largest absolute Gasteiger partial charge is 0.301 e. The van der Waals surface area contributed by atoms with Crippen molar-refractivity contribution in [3.8, 4) is 16.4 Å². The van der Waals surface area contributed by atoms with E-state index >= 15 is 0 Å². The van der Waals surface area contributed by atoms with Crippen LogP contribution in [0.5, 0.6) is 0 Å². The monoisotopic (exact) mass is 434 g/mol. The minimum Gasteiger partial charge on any atom is -0.291 e. The van der Waals surface area contributed by atoms with Crippen LogP contribution in [0.1, 0.15) is 16.8 Å². The van der Waals surface area contributed by atoms with Crippen molar-refractivity contribution in [1.29, 1.82) is 0 Å². The number of rotatable bonds is 5. The van der Waals surface area contributed by atoms with E-state index in [2.05, 4.69) is 20.3 Å². The lowest BCUT2D eigenvalue weighted by atomic mass is 10.1. The highest BCUT2D eigenvalue weighted by molar-refractivity contribution is 7.12. The van der Waals surface area contributed by atoms with Crippen LogP contribution in [0.15, 0.2) is 62.9 Å². The van der Waals surface area contributed by atoms with Gasteiger partial charge in [0.2, 0.25) is 5.13 Å². The topological polar surface area (TPSA) is 119 Å². The number of benzene rings is 2. The van der Waals surface area contributed by atoms with Crippen LogP contribution in [0.3, 0.4) is 0 Å². The number of nitro benzene ring substituents is 1. The van der Waals surface area contributed by atoms with E-state index in [1.807, 2.05) is 32.0 Å². The maximum Gasteiger partial charge on any atom is 0.301 e. The molecule has 0 saturated carbocycles. The maximum atomic E-state index is 12.9. The number of azo groups is 1. The maximum absolute atomic E-state index is 12.9. The van der Waals surface area contributed by atoms with E-state index in [4.69, 9.17) is 0 Å². The molecule has 0 radical (unpaired) electrons. The first kappa shape index (κ1) is 20.4. The van der Waals surface area contributed by atoms with Crippen molar-refractivity contribution in [2.24, 2.45) is 10.2 Å². The number of hydrogen-bond acceptors (Lipinski definition) is 7. The zero-order valence-corrected chi connectivity index (χ0v) is 17.8. The number of thiazole rings is 1. The molecule has 0 bridgehead atoms. The summed E-state index contributed by atoms with van der Waals surface area (Å²) in [5, 5.41) is 24.6. The molecule has 156 valence electrons. The molecular weight excluding hydrogens is 416 g/mol. The first-order chi connectivity index (χ1) is 14.8. The van der Waals surface area contributed by atoms with Crippen LogP contribution in [0.25, 0.3) is 16.4 Å². The highest BCUT2D eigenvalue weighted by atomic mass is 32.1. The number of aryl methyl sites for hydroxylation is 2. The summed E-state index contributed by atoms with van der Waals surface area (Å²) in [5.74, 6) is 0. The van der Waals surface area contributed by atoms with Crippen LogP contribution in [0.2, 0.25) is 0 Å². The van der Waals surface area contributed by atoms with Crippen LogP contribution < -0.4 is 5.56 Å². The second-order valence-corrected chi connectivity index (χ2v) is 7.80. The van der Waals surface area contributed by atoms with Crippen molar-refractivity contribution in [2.45, 2.75) is 20.8 Å². The summed E-state index contributed by atoms with van der Waals surface area (Å²) in [4.78, 5) is 27.9. The van der Waals surface area contributed by atoms with Gasteiger partial charge in [-0.15, -0.1) is 16.5 Å². The fraction of sp³-hybridized carbons (Fsp3) is 0.143. The number of nitrogens with zero attached hydrogens (tertiary/aromatic N) is 5. The molecule has 2 aromatic heterocycles. The molecule has 0 aliphatic rings. The number of aromatic nitrogens is 3. The molecule has 0 unspecified atom stereocenters. The minimum absolute atomic E-state index is 0.0194. The quantitative estimate of drug-likeness (QED) is 0.252. The van der Waals surface area contributed by atoms with Crippen molar-refractivity contribution in [3.05, 3.63) is 85.1 Å². The van der Waals surface area contributed by atoms with Gasteiger partial charge in [0.25, 0.3) is 5.69 Å². The van der Waals surface area contributed by atoms with Crippen molar-refractivity contribution in [2.75, 3.05) is 0 Å². The normalized spacial score (nSPS) is 11.3. The lowest BCUT2D eigenvalue weighted by Gasteiger charge is -2.01. The van der Waals surface area contributed by atoms with Crippen molar-refractivity contribution in [1.82, 2.24) is 14.8 Å². The second-order valence-electron chi connectivity index (χ2n) is 6.97. The number of nitro groups is 1. The Morgan fingerprint density at radius 3 is 2.68 bits per heavy atom. The fourth-order valence-electron chi connectivity index (χ4n) is 3.02. The van der Waals surface area contributed by atoms with Gasteiger partial charge in [0.05, 0.1) is 22.0 Å². The average molecular weight is 434 g/mol. The van der Waals surface area contributed by atoms with Gasteiger partial charge in [-0.2, -0.15) is 9.80 Å². The Balaban J connectivity index is 1.68. The number of nitrogens with one attached hydrogen (secondary N) is 1. The molecule has 0 saturated heterocycles. The molecule has 31 heavy (non-hydrogen) atoms. The van der Waals surface area contributed by atoms with E-state index in [0.29, 0.717) is 27.8 Å². The van der Waals surface area contributed by atoms with E-state index in [9.17, 15) is 14.9 Å². The third kappa shape index (κ3) is 3.92. The van der Waals surface area contributed by atoms with E-state index in [-0.39, 0.29) is 16.9 Å². The summed E-state index contributed by atoms with van der Waals surface area (Å²) < 4.78 is 1.30. The lowest BCUT2D eigenvalue weighted by molar-refractivity contribution is -0.384. The summed E-state index contributed by atoms with van der Waals surface area (Å²) in [6, 6.07) is 11.9. The van der Waals surface area contributed by atoms with Gasteiger partial charge >= 0.3 is 5.56 Å². The van der Waals surface area contributed by atoms with E-state index in [0.717, 1.165) is 11.1 Å². The Morgan fingerprint density at radius 2 is 1.90 bits per heavy atom. The van der Waals surface area contributed by atoms with E-state index in [1.54, 1.807) is 24.4 Å². The lowest BCUT2D eigenvalue weighted by Crippen LogP contribution is -2.13. The number of hydrogen-bond donors (Lipinski definition) is 1. The van der Waals surface area contributed by atoms with Gasteiger partial charge in [-0.25, -0.2) is 4.98 Å². The van der Waals surface area contributed by atoms with Crippen molar-refractivity contribution < 1.29 is 4.92 Å². The molecule has 0 aliphatic heterocycles. The summed E-state index contributed by atoms with van der Waals surface area (Å²) in [6.07, 6.45) is 0. The van der Waals surface area contributed by atoms with E-state index in [1.165, 1.54) is 28.2 Å². The molecule has 4 rings (SSSR count). The van der Waals surface area contributed by atoms with Crippen LogP contribution in [-0.4, -0.2) is 19.7 Å². The second kappa shape index (κ2) is 8.07. The minimum atomic E-state index is -0.456. The third-order valence-electron chi connectivity index (χ3n) is 4.91. The Morgan fingerprint density at radius 1 is 1.13 bits per heavy atom. The van der Waals surface area contributed by atoms with Gasteiger partial charge < -0.3 is 0 Å². The predicted octanol–water partition coefficient (Wildman–Crippen LogP) is 5.54. The molecule has 10 heteroatoms. The zero-order chi connectivity index (χ0) is 22.1. The van der Waals surface area contributed by atoms with Crippen LogP contribution in [-0.2, 0) is 0 Å². The van der Waals surface area contributed by atoms with Gasteiger partial charge in [-0.3, -0.25) is 20.0 Å². The summed E-state index contributed by atoms with van der Waals surface area (Å²) in [6.45, 7) is 5.69. The van der Waals surface area contributed by atoms with Crippen molar-refractivity contribution in [3.63, 3.8) is 0 Å².